The Labute approximate surface area is 138 Å². The maximum absolute atomic E-state index is 12.5. The molecule has 0 atom stereocenters. The normalized spacial score (nSPS) is 15.3. The quantitative estimate of drug-likeness (QED) is 0.755. The molecule has 0 aliphatic carbocycles. The number of para-hydroxylation sites is 1. The Morgan fingerprint density at radius 2 is 1.83 bits per heavy atom. The van der Waals surface area contributed by atoms with E-state index in [1.54, 1.807) is 0 Å². The van der Waals surface area contributed by atoms with Gasteiger partial charge in [-0.05, 0) is 38.8 Å². The number of hydrogen-bond acceptors (Lipinski definition) is 4. The van der Waals surface area contributed by atoms with Crippen molar-refractivity contribution < 1.29 is 14.3 Å². The number of likely N-dealkylation sites (tertiary alicyclic amines) is 1. The minimum Gasteiger partial charge on any atom is -0.466 e. The second-order valence-electron chi connectivity index (χ2n) is 5.76. The Morgan fingerprint density at radius 3 is 2.39 bits per heavy atom. The van der Waals surface area contributed by atoms with Crippen LogP contribution in [-0.2, 0) is 14.3 Å². The summed E-state index contributed by atoms with van der Waals surface area (Å²) in [5, 5.41) is 0. The van der Waals surface area contributed by atoms with Crippen LogP contribution in [0, 0.1) is 5.92 Å². The molecule has 0 spiro atoms. The van der Waals surface area contributed by atoms with E-state index in [1.807, 2.05) is 49.1 Å². The van der Waals surface area contributed by atoms with E-state index >= 15 is 0 Å². The second kappa shape index (κ2) is 8.56. The summed E-state index contributed by atoms with van der Waals surface area (Å²) in [5.41, 5.74) is 1.06. The third kappa shape index (κ3) is 4.71. The van der Waals surface area contributed by atoms with Crippen molar-refractivity contribution in [2.24, 2.45) is 5.92 Å². The standard InChI is InChI=1S/C18H26N2O3/c1-3-19(16-8-6-5-7-9-16)14-17(21)20-12-10-15(11-13-20)18(22)23-4-2/h5-9,15H,3-4,10-14H2,1-2H3. The predicted molar refractivity (Wildman–Crippen MR) is 90.3 cm³/mol. The number of carbonyl (C=O) groups is 2. The van der Waals surface area contributed by atoms with E-state index in [9.17, 15) is 9.59 Å². The Hall–Kier alpha value is -2.04. The molecule has 1 aliphatic rings. The highest BCUT2D eigenvalue weighted by Crippen LogP contribution is 2.20. The van der Waals surface area contributed by atoms with Gasteiger partial charge in [-0.15, -0.1) is 0 Å². The van der Waals surface area contributed by atoms with Gasteiger partial charge in [0.05, 0.1) is 19.1 Å². The fourth-order valence-electron chi connectivity index (χ4n) is 2.91. The smallest absolute Gasteiger partial charge is 0.309 e. The van der Waals surface area contributed by atoms with Gasteiger partial charge in [-0.3, -0.25) is 9.59 Å². The molecule has 23 heavy (non-hydrogen) atoms. The first-order valence-corrected chi connectivity index (χ1v) is 8.40. The Kier molecular flexibility index (Phi) is 6.44. The number of esters is 1. The van der Waals surface area contributed by atoms with E-state index < -0.39 is 0 Å². The van der Waals surface area contributed by atoms with Crippen molar-refractivity contribution in [3.63, 3.8) is 0 Å². The summed E-state index contributed by atoms with van der Waals surface area (Å²) in [6.07, 6.45) is 1.39. The maximum Gasteiger partial charge on any atom is 0.309 e. The van der Waals surface area contributed by atoms with Gasteiger partial charge < -0.3 is 14.5 Å². The summed E-state index contributed by atoms with van der Waals surface area (Å²) in [6.45, 7) is 6.72. The first-order chi connectivity index (χ1) is 11.2. The van der Waals surface area contributed by atoms with E-state index in [4.69, 9.17) is 4.74 Å². The van der Waals surface area contributed by atoms with E-state index in [1.165, 1.54) is 0 Å². The van der Waals surface area contributed by atoms with Gasteiger partial charge in [-0.25, -0.2) is 0 Å². The summed E-state index contributed by atoms with van der Waals surface area (Å²) < 4.78 is 5.07. The van der Waals surface area contributed by atoms with Crippen LogP contribution in [0.25, 0.3) is 0 Å². The first-order valence-electron chi connectivity index (χ1n) is 8.40. The van der Waals surface area contributed by atoms with Crippen LogP contribution in [0.2, 0.25) is 0 Å². The van der Waals surface area contributed by atoms with Crippen LogP contribution in [0.15, 0.2) is 30.3 Å². The van der Waals surface area contributed by atoms with Crippen molar-refractivity contribution in [2.45, 2.75) is 26.7 Å². The molecule has 5 heteroatoms. The maximum atomic E-state index is 12.5. The first kappa shape index (κ1) is 17.3. The van der Waals surface area contributed by atoms with Gasteiger partial charge in [-0.2, -0.15) is 0 Å². The van der Waals surface area contributed by atoms with Crippen molar-refractivity contribution >= 4 is 17.6 Å². The summed E-state index contributed by atoms with van der Waals surface area (Å²) in [6, 6.07) is 9.97. The molecule has 0 bridgehead atoms. The predicted octanol–water partition coefficient (Wildman–Crippen LogP) is 2.31. The molecule has 1 aliphatic heterocycles. The van der Waals surface area contributed by atoms with Crippen LogP contribution in [0.3, 0.4) is 0 Å². The van der Waals surface area contributed by atoms with Gasteiger partial charge >= 0.3 is 5.97 Å². The van der Waals surface area contributed by atoms with Crippen LogP contribution in [0.1, 0.15) is 26.7 Å². The third-order valence-corrected chi connectivity index (χ3v) is 4.30. The number of anilines is 1. The van der Waals surface area contributed by atoms with Crippen molar-refractivity contribution in [2.75, 3.05) is 37.7 Å². The highest BCUT2D eigenvalue weighted by Gasteiger charge is 2.28. The molecular weight excluding hydrogens is 292 g/mol. The number of piperidine rings is 1. The average Bonchev–Trinajstić information content (AvgIpc) is 2.60. The molecular formula is C18H26N2O3. The minimum atomic E-state index is -0.126. The van der Waals surface area contributed by atoms with Gasteiger partial charge in [0.25, 0.3) is 0 Å². The Balaban J connectivity index is 1.86. The molecule has 1 amide bonds. The fraction of sp³-hybridized carbons (Fsp3) is 0.556. The molecule has 1 aromatic carbocycles. The number of hydrogen-bond donors (Lipinski definition) is 0. The van der Waals surface area contributed by atoms with E-state index in [0.29, 0.717) is 39.1 Å². The number of rotatable bonds is 6. The highest BCUT2D eigenvalue weighted by atomic mass is 16.5. The van der Waals surface area contributed by atoms with Crippen LogP contribution >= 0.6 is 0 Å². The topological polar surface area (TPSA) is 49.9 Å². The zero-order chi connectivity index (χ0) is 16.7. The van der Waals surface area contributed by atoms with Gasteiger partial charge in [0.15, 0.2) is 0 Å². The van der Waals surface area contributed by atoms with Gasteiger partial charge in [0.1, 0.15) is 0 Å². The molecule has 126 valence electrons. The van der Waals surface area contributed by atoms with Crippen molar-refractivity contribution in [1.82, 2.24) is 4.90 Å². The lowest BCUT2D eigenvalue weighted by Crippen LogP contribution is -2.45. The van der Waals surface area contributed by atoms with Crippen molar-refractivity contribution in [3.05, 3.63) is 30.3 Å². The SMILES string of the molecule is CCOC(=O)C1CCN(C(=O)CN(CC)c2ccccc2)CC1. The molecule has 1 heterocycles. The third-order valence-electron chi connectivity index (χ3n) is 4.30. The number of nitrogens with zero attached hydrogens (tertiary/aromatic N) is 2. The molecule has 1 aromatic rings. The Bertz CT molecular complexity index is 510. The van der Waals surface area contributed by atoms with E-state index in [0.717, 1.165) is 12.2 Å². The zero-order valence-electron chi connectivity index (χ0n) is 14.0. The number of likely N-dealkylation sites (N-methyl/N-ethyl adjacent to an activating group) is 1. The molecule has 2 rings (SSSR count). The largest absolute Gasteiger partial charge is 0.466 e. The Morgan fingerprint density at radius 1 is 1.17 bits per heavy atom. The monoisotopic (exact) mass is 318 g/mol. The van der Waals surface area contributed by atoms with Crippen LogP contribution in [0.5, 0.6) is 0 Å². The molecule has 0 saturated carbocycles. The molecule has 5 nitrogen and oxygen atoms in total. The summed E-state index contributed by atoms with van der Waals surface area (Å²) >= 11 is 0. The molecule has 0 aromatic heterocycles. The minimum absolute atomic E-state index is 0.0598. The number of benzene rings is 1. The molecule has 0 N–H and O–H groups in total. The molecule has 0 unspecified atom stereocenters. The lowest BCUT2D eigenvalue weighted by Gasteiger charge is -2.33. The lowest BCUT2D eigenvalue weighted by atomic mass is 9.97. The molecule has 1 fully saturated rings. The van der Waals surface area contributed by atoms with Crippen LogP contribution in [0.4, 0.5) is 5.69 Å². The van der Waals surface area contributed by atoms with E-state index in [2.05, 4.69) is 4.90 Å². The van der Waals surface area contributed by atoms with Crippen molar-refractivity contribution in [1.29, 1.82) is 0 Å². The molecule has 1 saturated heterocycles. The van der Waals surface area contributed by atoms with Gasteiger partial charge in [0.2, 0.25) is 5.91 Å². The average molecular weight is 318 g/mol. The number of carbonyl (C=O) groups excluding carboxylic acids is 2. The van der Waals surface area contributed by atoms with Gasteiger partial charge in [-0.1, -0.05) is 18.2 Å². The van der Waals surface area contributed by atoms with Crippen LogP contribution in [-0.4, -0.2) is 49.6 Å². The van der Waals surface area contributed by atoms with Crippen molar-refractivity contribution in [3.8, 4) is 0 Å². The molecule has 0 radical (unpaired) electrons. The van der Waals surface area contributed by atoms with E-state index in [-0.39, 0.29) is 17.8 Å². The lowest BCUT2D eigenvalue weighted by molar-refractivity contribution is -0.151. The number of ether oxygens (including phenoxy) is 1. The summed E-state index contributed by atoms with van der Waals surface area (Å²) in [4.78, 5) is 28.2. The van der Waals surface area contributed by atoms with Gasteiger partial charge in [0, 0.05) is 25.3 Å². The second-order valence-corrected chi connectivity index (χ2v) is 5.76. The van der Waals surface area contributed by atoms with Crippen LogP contribution < -0.4 is 4.90 Å². The highest BCUT2D eigenvalue weighted by molar-refractivity contribution is 5.82. The summed E-state index contributed by atoms with van der Waals surface area (Å²) in [5.74, 6) is -0.0625. The zero-order valence-corrected chi connectivity index (χ0v) is 14.0. The number of amides is 1. The fourth-order valence-corrected chi connectivity index (χ4v) is 2.91. The summed E-state index contributed by atoms with van der Waals surface area (Å²) in [7, 11) is 0.